The molecule has 1 fully saturated rings. The predicted octanol–water partition coefficient (Wildman–Crippen LogP) is -3.31. The number of aliphatic hydroxyl groups is 4. The average molecular weight is 455 g/mol. The number of ether oxygens (including phenoxy) is 1. The van der Waals surface area contributed by atoms with Crippen molar-refractivity contribution in [1.82, 2.24) is 24.8 Å². The minimum Gasteiger partial charge on any atom is -0.394 e. The fraction of sp³-hybridized carbons (Fsp3) is 0.562. The zero-order valence-electron chi connectivity index (χ0n) is 16.4. The summed E-state index contributed by atoms with van der Waals surface area (Å²) >= 11 is 4.58. The van der Waals surface area contributed by atoms with Crippen LogP contribution in [0.2, 0.25) is 0 Å². The number of nitrogens with one attached hydrogen (secondary N) is 1. The Hall–Kier alpha value is -2.69. The van der Waals surface area contributed by atoms with Gasteiger partial charge in [-0.15, -0.1) is 0 Å². The standard InChI is InChI=1S/C16H21N7O7S/c1-6(25)15(2,22-31)13(28)21-14(29)16(10(27)9(26)7(3-24)30-16)23-5-20-8-11(17)18-4-19-12(8)23/h4-7,9-10,24-27H,3H2,1-2H3,(H2,17,18,19)(H,21,28,29)/t6-,7-,9-,10-,15+,16+/m1/s1. The molecule has 1 aliphatic rings. The highest BCUT2D eigenvalue weighted by molar-refractivity contribution is 7.47. The van der Waals surface area contributed by atoms with Gasteiger partial charge in [0.25, 0.3) is 17.5 Å². The molecule has 0 aromatic carbocycles. The summed E-state index contributed by atoms with van der Waals surface area (Å²) in [5.74, 6) is -2.37. The third kappa shape index (κ3) is 3.35. The first-order valence-corrected chi connectivity index (χ1v) is 9.38. The van der Waals surface area contributed by atoms with Crippen molar-refractivity contribution in [2.75, 3.05) is 12.3 Å². The Kier molecular flexibility index (Phi) is 6.01. The average Bonchev–Trinajstić information content (AvgIpc) is 3.28. The molecule has 14 nitrogen and oxygen atoms in total. The van der Waals surface area contributed by atoms with E-state index < -0.39 is 54.1 Å². The van der Waals surface area contributed by atoms with Crippen LogP contribution in [0.5, 0.6) is 0 Å². The highest BCUT2D eigenvalue weighted by Crippen LogP contribution is 2.38. The van der Waals surface area contributed by atoms with Gasteiger partial charge in [-0.05, 0) is 13.8 Å². The molecule has 6 atom stereocenters. The van der Waals surface area contributed by atoms with E-state index in [1.54, 1.807) is 0 Å². The summed E-state index contributed by atoms with van der Waals surface area (Å²) in [4.78, 5) is 37.8. The van der Waals surface area contributed by atoms with Crippen molar-refractivity contribution < 1.29 is 34.8 Å². The number of nitrogens with zero attached hydrogens (tertiary/aromatic N) is 5. The molecule has 3 heterocycles. The summed E-state index contributed by atoms with van der Waals surface area (Å²) in [5, 5.41) is 42.5. The van der Waals surface area contributed by atoms with E-state index in [0.29, 0.717) is 0 Å². The van der Waals surface area contributed by atoms with Crippen LogP contribution in [0.4, 0.5) is 5.82 Å². The molecule has 3 rings (SSSR count). The Morgan fingerprint density at radius 1 is 1.45 bits per heavy atom. The van der Waals surface area contributed by atoms with E-state index in [1.807, 2.05) is 5.32 Å². The number of carbonyl (C=O) groups is 2. The zero-order valence-corrected chi connectivity index (χ0v) is 17.2. The van der Waals surface area contributed by atoms with Crippen LogP contribution in [0.25, 0.3) is 11.2 Å². The number of hydrogen-bond acceptors (Lipinski definition) is 13. The number of nitrogens with two attached hydrogens (primary N) is 1. The molecule has 2 amide bonds. The van der Waals surface area contributed by atoms with Gasteiger partial charge < -0.3 is 30.9 Å². The molecule has 168 valence electrons. The fourth-order valence-electron chi connectivity index (χ4n) is 3.17. The molecule has 1 aliphatic heterocycles. The molecule has 0 radical (unpaired) electrons. The van der Waals surface area contributed by atoms with Crippen molar-refractivity contribution in [3.05, 3.63) is 12.7 Å². The van der Waals surface area contributed by atoms with Gasteiger partial charge in [-0.2, -0.15) is 0 Å². The number of amides is 2. The van der Waals surface area contributed by atoms with E-state index in [-0.39, 0.29) is 17.0 Å². The van der Waals surface area contributed by atoms with Crippen LogP contribution in [0.1, 0.15) is 13.8 Å². The van der Waals surface area contributed by atoms with Gasteiger partial charge in [0.15, 0.2) is 17.0 Å². The van der Waals surface area contributed by atoms with Crippen molar-refractivity contribution in [1.29, 1.82) is 0 Å². The van der Waals surface area contributed by atoms with E-state index in [9.17, 15) is 30.0 Å². The molecule has 0 bridgehead atoms. The lowest BCUT2D eigenvalue weighted by atomic mass is 9.95. The van der Waals surface area contributed by atoms with Gasteiger partial charge in [0.05, 0.1) is 12.7 Å². The molecule has 0 spiro atoms. The van der Waals surface area contributed by atoms with Crippen molar-refractivity contribution >= 4 is 41.2 Å². The van der Waals surface area contributed by atoms with Crippen LogP contribution in [0.15, 0.2) is 17.0 Å². The van der Waals surface area contributed by atoms with E-state index in [0.717, 1.165) is 17.2 Å². The third-order valence-electron chi connectivity index (χ3n) is 5.35. The van der Waals surface area contributed by atoms with Gasteiger partial charge in [-0.25, -0.2) is 19.3 Å². The Labute approximate surface area is 180 Å². The smallest absolute Gasteiger partial charge is 0.283 e. The monoisotopic (exact) mass is 455 g/mol. The van der Waals surface area contributed by atoms with Crippen LogP contribution >= 0.6 is 0 Å². The Balaban J connectivity index is 2.14. The van der Waals surface area contributed by atoms with Gasteiger partial charge >= 0.3 is 0 Å². The van der Waals surface area contributed by atoms with Crippen LogP contribution < -0.4 is 11.1 Å². The number of anilines is 1. The highest BCUT2D eigenvalue weighted by atomic mass is 32.1. The van der Waals surface area contributed by atoms with Crippen molar-refractivity contribution in [2.24, 2.45) is 4.36 Å². The molecule has 2 aromatic heterocycles. The second-order valence-electron chi connectivity index (χ2n) is 7.21. The maximum atomic E-state index is 13.3. The van der Waals surface area contributed by atoms with E-state index >= 15 is 0 Å². The highest BCUT2D eigenvalue weighted by Gasteiger charge is 2.62. The number of nitrogen functional groups attached to an aromatic ring is 1. The normalized spacial score (nSPS) is 28.8. The second kappa shape index (κ2) is 8.10. The molecule has 7 N–H and O–H groups in total. The minimum absolute atomic E-state index is 0.0336. The maximum absolute atomic E-state index is 13.3. The number of carbonyl (C=O) groups excluding carboxylic acids is 2. The lowest BCUT2D eigenvalue weighted by molar-refractivity contribution is -0.177. The Bertz CT molecular complexity index is 1030. The lowest BCUT2D eigenvalue weighted by Crippen LogP contribution is -2.61. The van der Waals surface area contributed by atoms with Gasteiger partial charge in [0, 0.05) is 12.4 Å². The van der Waals surface area contributed by atoms with Crippen LogP contribution in [-0.2, 0) is 32.5 Å². The van der Waals surface area contributed by atoms with Crippen LogP contribution in [0, 0.1) is 0 Å². The fourth-order valence-corrected chi connectivity index (χ4v) is 3.40. The summed E-state index contributed by atoms with van der Waals surface area (Å²) in [6, 6.07) is 0. The van der Waals surface area contributed by atoms with E-state index in [4.69, 9.17) is 10.5 Å². The maximum Gasteiger partial charge on any atom is 0.283 e. The topological polar surface area (TPSA) is 218 Å². The molecule has 31 heavy (non-hydrogen) atoms. The zero-order chi connectivity index (χ0) is 23.1. The number of imidazole rings is 1. The molecule has 0 aliphatic carbocycles. The molecule has 0 unspecified atom stereocenters. The second-order valence-corrected chi connectivity index (χ2v) is 7.40. The first-order chi connectivity index (χ1) is 14.5. The van der Waals surface area contributed by atoms with Crippen LogP contribution in [-0.4, -0.2) is 88.3 Å². The summed E-state index contributed by atoms with van der Waals surface area (Å²) < 4.78 is 9.97. The largest absolute Gasteiger partial charge is 0.394 e. The first kappa shape index (κ1) is 23.0. The van der Waals surface area contributed by atoms with Gasteiger partial charge in [-0.3, -0.25) is 19.5 Å². The number of aliphatic hydroxyl groups excluding tert-OH is 4. The minimum atomic E-state index is -2.49. The SMILES string of the molecule is C[C@@H](O)[C@](C)(N=S)C(=O)NC(=O)[C@@]1(n2cnc3c(N)ncnc32)O[C@H](CO)[C@@H](O)[C@H]1O. The summed E-state index contributed by atoms with van der Waals surface area (Å²) in [6.45, 7) is 1.71. The lowest BCUT2D eigenvalue weighted by Gasteiger charge is -2.33. The quantitative estimate of drug-likeness (QED) is 0.252. The number of hydrogen-bond donors (Lipinski definition) is 6. The van der Waals surface area contributed by atoms with Crippen LogP contribution in [0.3, 0.4) is 0 Å². The third-order valence-corrected chi connectivity index (χ3v) is 5.73. The summed E-state index contributed by atoms with van der Waals surface area (Å²) in [5.41, 5.74) is 1.41. The molecule has 0 saturated carbocycles. The van der Waals surface area contributed by atoms with Gasteiger partial charge in [-0.1, -0.05) is 0 Å². The molecule has 1 saturated heterocycles. The number of rotatable bonds is 6. The van der Waals surface area contributed by atoms with Crippen molar-refractivity contribution in [3.8, 4) is 0 Å². The first-order valence-electron chi connectivity index (χ1n) is 9.01. The number of fused-ring (bicyclic) bond motifs is 1. The molecular formula is C16H21N7O7S. The number of imide groups is 1. The van der Waals surface area contributed by atoms with Gasteiger partial charge in [0.2, 0.25) is 0 Å². The Morgan fingerprint density at radius 3 is 2.68 bits per heavy atom. The van der Waals surface area contributed by atoms with Gasteiger partial charge in [0.1, 0.15) is 36.5 Å². The summed E-state index contributed by atoms with van der Waals surface area (Å²) in [6.07, 6.45) is -4.30. The number of aromatic nitrogens is 4. The van der Waals surface area contributed by atoms with Crippen molar-refractivity contribution in [3.63, 3.8) is 0 Å². The predicted molar refractivity (Wildman–Crippen MR) is 105 cm³/mol. The molecule has 15 heteroatoms. The van der Waals surface area contributed by atoms with Crippen molar-refractivity contribution in [2.45, 2.75) is 49.5 Å². The molecular weight excluding hydrogens is 434 g/mol. The Morgan fingerprint density at radius 2 is 2.13 bits per heavy atom. The van der Waals surface area contributed by atoms with E-state index in [2.05, 4.69) is 31.7 Å². The molecule has 2 aromatic rings. The summed E-state index contributed by atoms with van der Waals surface area (Å²) in [7, 11) is 0. The van der Waals surface area contributed by atoms with E-state index in [1.165, 1.54) is 13.8 Å².